The quantitative estimate of drug-likeness (QED) is 0.658. The van der Waals surface area contributed by atoms with E-state index in [-0.39, 0.29) is 6.61 Å². The van der Waals surface area contributed by atoms with Crippen LogP contribution < -0.4 is 4.74 Å². The molecule has 1 aromatic rings. The fourth-order valence-corrected chi connectivity index (χ4v) is 1.96. The number of nitro groups is 1. The number of halogens is 2. The van der Waals surface area contributed by atoms with E-state index < -0.39 is 46.2 Å². The highest BCUT2D eigenvalue weighted by Crippen LogP contribution is 2.27. The minimum atomic E-state index is -1.22. The van der Waals surface area contributed by atoms with Gasteiger partial charge in [0.05, 0.1) is 17.1 Å². The summed E-state index contributed by atoms with van der Waals surface area (Å²) in [7, 11) is 0. The van der Waals surface area contributed by atoms with Crippen molar-refractivity contribution in [3.63, 3.8) is 0 Å². The van der Waals surface area contributed by atoms with Gasteiger partial charge in [-0.3, -0.25) is 10.1 Å². The fourth-order valence-electron chi connectivity index (χ4n) is 1.96. The Labute approximate surface area is 117 Å². The van der Waals surface area contributed by atoms with E-state index in [1.54, 1.807) is 0 Å². The number of carboxylic acids is 1. The van der Waals surface area contributed by atoms with Gasteiger partial charge in [-0.05, 0) is 12.8 Å². The molecule has 114 valence electrons. The Kier molecular flexibility index (Phi) is 4.32. The number of nitro benzene ring substituents is 1. The molecule has 2 unspecified atom stereocenters. The standard InChI is InChI=1S/C12H11F2NO6/c13-7-4-11(8(14)3-9(7)15(18)19)20-5-6-1-2-10(21-6)12(16)17/h3-4,6,10H,1-2,5H2,(H,16,17). The van der Waals surface area contributed by atoms with E-state index in [1.807, 2.05) is 0 Å². The zero-order chi connectivity index (χ0) is 15.6. The van der Waals surface area contributed by atoms with Crippen molar-refractivity contribution in [3.8, 4) is 5.75 Å². The first kappa shape index (κ1) is 15.1. The third-order valence-corrected chi connectivity index (χ3v) is 3.01. The molecule has 1 aliphatic heterocycles. The molecule has 1 heterocycles. The molecule has 0 saturated carbocycles. The summed E-state index contributed by atoms with van der Waals surface area (Å²) in [6, 6.07) is 1.01. The molecular formula is C12H11F2NO6. The summed E-state index contributed by atoms with van der Waals surface area (Å²) in [5.41, 5.74) is -0.983. The molecule has 1 aromatic carbocycles. The molecule has 9 heteroatoms. The molecule has 1 N–H and O–H groups in total. The number of hydrogen-bond acceptors (Lipinski definition) is 5. The molecular weight excluding hydrogens is 292 g/mol. The molecule has 2 rings (SSSR count). The zero-order valence-corrected chi connectivity index (χ0v) is 10.6. The molecule has 0 aromatic heterocycles. The summed E-state index contributed by atoms with van der Waals surface area (Å²) in [4.78, 5) is 20.1. The van der Waals surface area contributed by atoms with Gasteiger partial charge in [0.1, 0.15) is 6.61 Å². The van der Waals surface area contributed by atoms with Gasteiger partial charge in [-0.25, -0.2) is 9.18 Å². The Hall–Kier alpha value is -2.29. The molecule has 1 saturated heterocycles. The van der Waals surface area contributed by atoms with Crippen LogP contribution in [0.1, 0.15) is 12.8 Å². The van der Waals surface area contributed by atoms with Crippen molar-refractivity contribution in [1.29, 1.82) is 0 Å². The van der Waals surface area contributed by atoms with Gasteiger partial charge in [0, 0.05) is 6.07 Å². The van der Waals surface area contributed by atoms with Crippen molar-refractivity contribution in [2.75, 3.05) is 6.61 Å². The van der Waals surface area contributed by atoms with Gasteiger partial charge < -0.3 is 14.6 Å². The number of nitrogens with zero attached hydrogens (tertiary/aromatic N) is 1. The topological polar surface area (TPSA) is 98.9 Å². The van der Waals surface area contributed by atoms with Gasteiger partial charge in [0.2, 0.25) is 5.82 Å². The molecule has 0 radical (unpaired) electrons. The van der Waals surface area contributed by atoms with Crippen LogP contribution in [0.2, 0.25) is 0 Å². The minimum absolute atomic E-state index is 0.169. The number of hydrogen-bond donors (Lipinski definition) is 1. The Morgan fingerprint density at radius 1 is 1.43 bits per heavy atom. The average molecular weight is 303 g/mol. The van der Waals surface area contributed by atoms with Crippen LogP contribution in [0.15, 0.2) is 12.1 Å². The second-order valence-electron chi connectivity index (χ2n) is 4.46. The summed E-state index contributed by atoms with van der Waals surface area (Å²) < 4.78 is 37.0. The van der Waals surface area contributed by atoms with E-state index in [4.69, 9.17) is 14.6 Å². The SMILES string of the molecule is O=C(O)C1CCC(COc2cc(F)c([N+](=O)[O-])cc2F)O1. The second-order valence-corrected chi connectivity index (χ2v) is 4.46. The van der Waals surface area contributed by atoms with Crippen LogP contribution in [-0.2, 0) is 9.53 Å². The lowest BCUT2D eigenvalue weighted by Crippen LogP contribution is -2.23. The largest absolute Gasteiger partial charge is 0.488 e. The summed E-state index contributed by atoms with van der Waals surface area (Å²) in [6.07, 6.45) is -0.769. The van der Waals surface area contributed by atoms with Gasteiger partial charge in [-0.1, -0.05) is 0 Å². The smallest absolute Gasteiger partial charge is 0.332 e. The van der Waals surface area contributed by atoms with Gasteiger partial charge in [0.25, 0.3) is 0 Å². The van der Waals surface area contributed by atoms with Gasteiger partial charge in [0.15, 0.2) is 17.7 Å². The number of ether oxygens (including phenoxy) is 2. The van der Waals surface area contributed by atoms with Gasteiger partial charge >= 0.3 is 11.7 Å². The zero-order valence-electron chi connectivity index (χ0n) is 10.6. The van der Waals surface area contributed by atoms with Crippen molar-refractivity contribution in [3.05, 3.63) is 33.9 Å². The summed E-state index contributed by atoms with van der Waals surface area (Å²) in [6.45, 7) is -0.169. The first-order chi connectivity index (χ1) is 9.88. The highest BCUT2D eigenvalue weighted by atomic mass is 19.1. The van der Waals surface area contributed by atoms with E-state index in [0.717, 1.165) is 0 Å². The maximum atomic E-state index is 13.5. The van der Waals surface area contributed by atoms with Crippen LogP contribution in [0.25, 0.3) is 0 Å². The lowest BCUT2D eigenvalue weighted by Gasteiger charge is -2.13. The number of aliphatic carboxylic acids is 1. The van der Waals surface area contributed by atoms with Crippen molar-refractivity contribution in [2.45, 2.75) is 25.0 Å². The Balaban J connectivity index is 2.00. The van der Waals surface area contributed by atoms with E-state index in [2.05, 4.69) is 0 Å². The normalized spacial score (nSPS) is 21.2. The Morgan fingerprint density at radius 2 is 2.14 bits per heavy atom. The average Bonchev–Trinajstić information content (AvgIpc) is 2.88. The van der Waals surface area contributed by atoms with E-state index in [1.165, 1.54) is 0 Å². The molecule has 0 amide bonds. The predicted molar refractivity (Wildman–Crippen MR) is 64.0 cm³/mol. The third kappa shape index (κ3) is 3.43. The first-order valence-corrected chi connectivity index (χ1v) is 6.03. The summed E-state index contributed by atoms with van der Waals surface area (Å²) >= 11 is 0. The van der Waals surface area contributed by atoms with Crippen molar-refractivity contribution >= 4 is 11.7 Å². The Bertz CT molecular complexity index is 579. The molecule has 0 bridgehead atoms. The molecule has 0 aliphatic carbocycles. The first-order valence-electron chi connectivity index (χ1n) is 6.03. The molecule has 0 spiro atoms. The van der Waals surface area contributed by atoms with Crippen molar-refractivity contribution in [1.82, 2.24) is 0 Å². The summed E-state index contributed by atoms with van der Waals surface area (Å²) in [5.74, 6) is -3.87. The van der Waals surface area contributed by atoms with E-state index in [0.29, 0.717) is 25.0 Å². The van der Waals surface area contributed by atoms with E-state index in [9.17, 15) is 23.7 Å². The molecule has 1 aliphatic rings. The van der Waals surface area contributed by atoms with Crippen molar-refractivity contribution < 1.29 is 33.1 Å². The van der Waals surface area contributed by atoms with E-state index >= 15 is 0 Å². The number of carboxylic acid groups (broad SMARTS) is 1. The van der Waals surface area contributed by atoms with Crippen LogP contribution in [0.3, 0.4) is 0 Å². The number of carbonyl (C=O) groups is 1. The molecule has 21 heavy (non-hydrogen) atoms. The van der Waals surface area contributed by atoms with Crippen LogP contribution in [0.5, 0.6) is 5.75 Å². The summed E-state index contributed by atoms with van der Waals surface area (Å²) in [5, 5.41) is 19.2. The number of benzene rings is 1. The van der Waals surface area contributed by atoms with Crippen LogP contribution in [0, 0.1) is 21.7 Å². The minimum Gasteiger partial charge on any atom is -0.488 e. The second kappa shape index (κ2) is 6.00. The van der Waals surface area contributed by atoms with Gasteiger partial charge in [-0.15, -0.1) is 0 Å². The highest BCUT2D eigenvalue weighted by molar-refractivity contribution is 5.72. The maximum Gasteiger partial charge on any atom is 0.332 e. The lowest BCUT2D eigenvalue weighted by atomic mass is 10.2. The number of rotatable bonds is 5. The van der Waals surface area contributed by atoms with Crippen molar-refractivity contribution in [2.24, 2.45) is 0 Å². The highest BCUT2D eigenvalue weighted by Gasteiger charge is 2.31. The van der Waals surface area contributed by atoms with Gasteiger partial charge in [-0.2, -0.15) is 4.39 Å². The third-order valence-electron chi connectivity index (χ3n) is 3.01. The predicted octanol–water partition coefficient (Wildman–Crippen LogP) is 1.88. The molecule has 7 nitrogen and oxygen atoms in total. The van der Waals surface area contributed by atoms with Crippen LogP contribution >= 0.6 is 0 Å². The van der Waals surface area contributed by atoms with Crippen LogP contribution in [-0.4, -0.2) is 34.8 Å². The molecule has 2 atom stereocenters. The fraction of sp³-hybridized carbons (Fsp3) is 0.417. The monoisotopic (exact) mass is 303 g/mol. The maximum absolute atomic E-state index is 13.5. The lowest BCUT2D eigenvalue weighted by molar-refractivity contribution is -0.387. The van der Waals surface area contributed by atoms with Crippen LogP contribution in [0.4, 0.5) is 14.5 Å². The Morgan fingerprint density at radius 3 is 2.71 bits per heavy atom. The molecule has 1 fully saturated rings.